The molecule has 0 spiro atoms. The number of ether oxygens (including phenoxy) is 1. The number of hydrogen-bond acceptors (Lipinski definition) is 5. The van der Waals surface area contributed by atoms with Gasteiger partial charge < -0.3 is 15.8 Å². The smallest absolute Gasteiger partial charge is 0.407 e. The highest BCUT2D eigenvalue weighted by Gasteiger charge is 2.31. The van der Waals surface area contributed by atoms with Gasteiger partial charge in [0.05, 0.1) is 11.5 Å². The fourth-order valence-electron chi connectivity index (χ4n) is 1.84. The molecule has 0 saturated carbocycles. The molecule has 18 heavy (non-hydrogen) atoms. The van der Waals surface area contributed by atoms with E-state index in [4.69, 9.17) is 10.5 Å². The van der Waals surface area contributed by atoms with E-state index >= 15 is 0 Å². The summed E-state index contributed by atoms with van der Waals surface area (Å²) in [4.78, 5) is 11.4. The van der Waals surface area contributed by atoms with E-state index in [1.807, 2.05) is 0 Å². The Morgan fingerprint density at radius 3 is 2.56 bits per heavy atom. The zero-order valence-electron chi connectivity index (χ0n) is 11.1. The molecule has 1 saturated heterocycles. The van der Waals surface area contributed by atoms with Gasteiger partial charge in [0.1, 0.15) is 5.60 Å². The minimum atomic E-state index is -3.00. The zero-order valence-corrected chi connectivity index (χ0v) is 11.9. The topological polar surface area (TPSA) is 98.5 Å². The van der Waals surface area contributed by atoms with Crippen molar-refractivity contribution in [3.63, 3.8) is 0 Å². The molecule has 1 aliphatic heterocycles. The fraction of sp³-hybridized carbons (Fsp3) is 0.909. The standard InChI is InChI=1S/C11H22N2O4S/c1-11(2,3)17-10(14)13-6-8-4-5-18(15,16)7-9(8)12/h8-9H,4-7,12H2,1-3H3,(H,13,14). The van der Waals surface area contributed by atoms with Crippen molar-refractivity contribution in [3.8, 4) is 0 Å². The largest absolute Gasteiger partial charge is 0.444 e. The lowest BCUT2D eigenvalue weighted by atomic mass is 9.98. The Balaban J connectivity index is 2.39. The van der Waals surface area contributed by atoms with Crippen molar-refractivity contribution in [3.05, 3.63) is 0 Å². The molecule has 106 valence electrons. The highest BCUT2D eigenvalue weighted by Crippen LogP contribution is 2.17. The van der Waals surface area contributed by atoms with Gasteiger partial charge in [0, 0.05) is 12.6 Å². The summed E-state index contributed by atoms with van der Waals surface area (Å²) in [6.07, 6.45) is -0.0117. The van der Waals surface area contributed by atoms with Crippen molar-refractivity contribution in [2.24, 2.45) is 11.7 Å². The van der Waals surface area contributed by atoms with Gasteiger partial charge in [-0.15, -0.1) is 0 Å². The number of alkyl carbamates (subject to hydrolysis) is 1. The normalized spacial score (nSPS) is 27.6. The summed E-state index contributed by atoms with van der Waals surface area (Å²) in [5.74, 6) is 0.121. The molecule has 0 aromatic rings. The number of carbonyl (C=O) groups is 1. The minimum absolute atomic E-state index is 0.00628. The van der Waals surface area contributed by atoms with E-state index in [2.05, 4.69) is 5.32 Å². The minimum Gasteiger partial charge on any atom is -0.444 e. The second-order valence-electron chi connectivity index (χ2n) is 5.71. The van der Waals surface area contributed by atoms with Crippen LogP contribution in [0.5, 0.6) is 0 Å². The molecule has 6 nitrogen and oxygen atoms in total. The van der Waals surface area contributed by atoms with E-state index < -0.39 is 27.6 Å². The first-order valence-electron chi connectivity index (χ1n) is 6.02. The molecule has 2 unspecified atom stereocenters. The predicted molar refractivity (Wildman–Crippen MR) is 69.0 cm³/mol. The molecule has 1 amide bonds. The number of rotatable bonds is 2. The van der Waals surface area contributed by atoms with E-state index in [-0.39, 0.29) is 17.4 Å². The Labute approximate surface area is 108 Å². The molecular weight excluding hydrogens is 256 g/mol. The van der Waals surface area contributed by atoms with Crippen LogP contribution in [-0.4, -0.2) is 44.2 Å². The molecule has 2 atom stereocenters. The average Bonchev–Trinajstić information content (AvgIpc) is 2.12. The summed E-state index contributed by atoms with van der Waals surface area (Å²) in [6, 6.07) is -0.418. The summed E-state index contributed by atoms with van der Waals surface area (Å²) >= 11 is 0. The summed E-state index contributed by atoms with van der Waals surface area (Å²) in [6.45, 7) is 5.70. The Kier molecular flexibility index (Phi) is 4.61. The summed E-state index contributed by atoms with van der Waals surface area (Å²) in [5.41, 5.74) is 5.26. The van der Waals surface area contributed by atoms with E-state index in [0.29, 0.717) is 13.0 Å². The van der Waals surface area contributed by atoms with Crippen molar-refractivity contribution in [1.82, 2.24) is 5.32 Å². The van der Waals surface area contributed by atoms with Crippen molar-refractivity contribution in [2.45, 2.75) is 38.8 Å². The lowest BCUT2D eigenvalue weighted by Crippen LogP contribution is -2.48. The summed E-state index contributed by atoms with van der Waals surface area (Å²) in [7, 11) is -3.00. The quantitative estimate of drug-likeness (QED) is 0.755. The lowest BCUT2D eigenvalue weighted by Gasteiger charge is -2.29. The molecule has 0 radical (unpaired) electrons. The molecule has 1 heterocycles. The molecule has 1 rings (SSSR count). The molecule has 7 heteroatoms. The number of hydrogen-bond donors (Lipinski definition) is 2. The van der Waals surface area contributed by atoms with E-state index in [1.54, 1.807) is 20.8 Å². The summed E-state index contributed by atoms with van der Waals surface area (Å²) in [5, 5.41) is 2.63. The Bertz CT molecular complexity index is 400. The first-order valence-corrected chi connectivity index (χ1v) is 7.84. The molecular formula is C11H22N2O4S. The van der Waals surface area contributed by atoms with Crippen LogP contribution in [0.1, 0.15) is 27.2 Å². The lowest BCUT2D eigenvalue weighted by molar-refractivity contribution is 0.0517. The van der Waals surface area contributed by atoms with Gasteiger partial charge in [0.15, 0.2) is 9.84 Å². The maximum atomic E-state index is 11.4. The van der Waals surface area contributed by atoms with Gasteiger partial charge in [-0.3, -0.25) is 0 Å². The zero-order chi connectivity index (χ0) is 14.0. The van der Waals surface area contributed by atoms with Gasteiger partial charge in [-0.25, -0.2) is 13.2 Å². The number of nitrogens with two attached hydrogens (primary N) is 1. The van der Waals surface area contributed by atoms with Gasteiger partial charge in [0.25, 0.3) is 0 Å². The van der Waals surface area contributed by atoms with Crippen molar-refractivity contribution in [1.29, 1.82) is 0 Å². The third kappa shape index (κ3) is 5.22. The van der Waals surface area contributed by atoms with E-state index in [9.17, 15) is 13.2 Å². The predicted octanol–water partition coefficient (Wildman–Crippen LogP) is 0.273. The van der Waals surface area contributed by atoms with Crippen LogP contribution in [0.15, 0.2) is 0 Å². The van der Waals surface area contributed by atoms with E-state index in [1.165, 1.54) is 0 Å². The first kappa shape index (κ1) is 15.2. The second-order valence-corrected chi connectivity index (χ2v) is 7.94. The Morgan fingerprint density at radius 2 is 2.06 bits per heavy atom. The first-order chi connectivity index (χ1) is 8.09. The van der Waals surface area contributed by atoms with Crippen LogP contribution >= 0.6 is 0 Å². The van der Waals surface area contributed by atoms with Gasteiger partial charge in [-0.1, -0.05) is 0 Å². The summed E-state index contributed by atoms with van der Waals surface area (Å²) < 4.78 is 27.8. The molecule has 0 bridgehead atoms. The van der Waals surface area contributed by atoms with Crippen LogP contribution in [0.25, 0.3) is 0 Å². The van der Waals surface area contributed by atoms with Gasteiger partial charge in [-0.2, -0.15) is 0 Å². The molecule has 3 N–H and O–H groups in total. The van der Waals surface area contributed by atoms with Gasteiger partial charge in [0.2, 0.25) is 0 Å². The maximum absolute atomic E-state index is 11.4. The SMILES string of the molecule is CC(C)(C)OC(=O)NCC1CCS(=O)(=O)CC1N. The van der Waals surface area contributed by atoms with Gasteiger partial charge >= 0.3 is 6.09 Å². The average molecular weight is 278 g/mol. The van der Waals surface area contributed by atoms with Crippen molar-refractivity contribution in [2.75, 3.05) is 18.1 Å². The van der Waals surface area contributed by atoms with Crippen molar-refractivity contribution < 1.29 is 17.9 Å². The van der Waals surface area contributed by atoms with Gasteiger partial charge in [-0.05, 0) is 33.1 Å². The number of nitrogens with one attached hydrogen (secondary N) is 1. The number of sulfone groups is 1. The monoisotopic (exact) mass is 278 g/mol. The highest BCUT2D eigenvalue weighted by molar-refractivity contribution is 7.91. The highest BCUT2D eigenvalue weighted by atomic mass is 32.2. The van der Waals surface area contributed by atoms with Crippen LogP contribution in [-0.2, 0) is 14.6 Å². The second kappa shape index (κ2) is 5.44. The maximum Gasteiger partial charge on any atom is 0.407 e. The fourth-order valence-corrected chi connectivity index (χ4v) is 3.53. The molecule has 0 aromatic carbocycles. The third-order valence-corrected chi connectivity index (χ3v) is 4.51. The Hall–Kier alpha value is -0.820. The van der Waals surface area contributed by atoms with Crippen LogP contribution < -0.4 is 11.1 Å². The van der Waals surface area contributed by atoms with Crippen LogP contribution in [0.2, 0.25) is 0 Å². The molecule has 0 aliphatic carbocycles. The number of amides is 1. The molecule has 0 aromatic heterocycles. The van der Waals surface area contributed by atoms with Crippen LogP contribution in [0.3, 0.4) is 0 Å². The van der Waals surface area contributed by atoms with E-state index in [0.717, 1.165) is 0 Å². The van der Waals surface area contributed by atoms with Crippen molar-refractivity contribution >= 4 is 15.9 Å². The number of carbonyl (C=O) groups excluding carboxylic acids is 1. The van der Waals surface area contributed by atoms with Crippen LogP contribution in [0, 0.1) is 5.92 Å². The Morgan fingerprint density at radius 1 is 1.44 bits per heavy atom. The third-order valence-electron chi connectivity index (χ3n) is 2.76. The molecule has 1 fully saturated rings. The van der Waals surface area contributed by atoms with Crippen LogP contribution in [0.4, 0.5) is 4.79 Å². The molecule has 1 aliphatic rings.